The van der Waals surface area contributed by atoms with E-state index in [0.29, 0.717) is 11.6 Å². The molecule has 1 unspecified atom stereocenters. The van der Waals surface area contributed by atoms with Gasteiger partial charge in [-0.25, -0.2) is 15.0 Å². The zero-order chi connectivity index (χ0) is 32.3. The Hall–Kier alpha value is -6.39. The Kier molecular flexibility index (Phi) is 6.28. The molecule has 1 aliphatic rings. The first-order valence-electron chi connectivity index (χ1n) is 16.7. The molecule has 7 aromatic carbocycles. The molecule has 230 valence electrons. The third-order valence-corrected chi connectivity index (χ3v) is 9.92. The summed E-state index contributed by atoms with van der Waals surface area (Å²) in [6.07, 6.45) is 0.827. The van der Waals surface area contributed by atoms with Crippen LogP contribution in [0.5, 0.6) is 0 Å². The van der Waals surface area contributed by atoms with E-state index in [1.807, 2.05) is 30.3 Å². The number of benzene rings is 7. The third-order valence-electron chi connectivity index (χ3n) is 9.92. The van der Waals surface area contributed by atoms with Crippen molar-refractivity contribution in [3.05, 3.63) is 175 Å². The van der Waals surface area contributed by atoms with Crippen molar-refractivity contribution in [3.8, 4) is 45.0 Å². The number of hydrogen-bond acceptors (Lipinski definition) is 4. The van der Waals surface area contributed by atoms with Gasteiger partial charge in [-0.05, 0) is 62.7 Å². The summed E-state index contributed by atoms with van der Waals surface area (Å²) >= 11 is 0. The molecule has 10 rings (SSSR count). The van der Waals surface area contributed by atoms with Gasteiger partial charge in [0.2, 0.25) is 0 Å². The van der Waals surface area contributed by atoms with Crippen molar-refractivity contribution in [2.24, 2.45) is 0 Å². The maximum Gasteiger partial charge on any atom is 0.164 e. The Bertz CT molecular complexity index is 2710. The molecule has 0 bridgehead atoms. The first kappa shape index (κ1) is 27.7. The van der Waals surface area contributed by atoms with Crippen LogP contribution >= 0.6 is 0 Å². The third kappa shape index (κ3) is 4.49. The Morgan fingerprint density at radius 2 is 1.04 bits per heavy atom. The lowest BCUT2D eigenvalue weighted by Gasteiger charge is -2.27. The lowest BCUT2D eigenvalue weighted by atomic mass is 9.78. The summed E-state index contributed by atoms with van der Waals surface area (Å²) in [6.45, 7) is 0. The number of nitrogens with zero attached hydrogens (tertiary/aromatic N) is 3. The van der Waals surface area contributed by atoms with Gasteiger partial charge >= 0.3 is 0 Å². The fourth-order valence-electron chi connectivity index (χ4n) is 7.69. The molecule has 2 aromatic heterocycles. The summed E-state index contributed by atoms with van der Waals surface area (Å²) in [5.74, 6) is 2.14. The van der Waals surface area contributed by atoms with E-state index in [9.17, 15) is 0 Å². The predicted octanol–water partition coefficient (Wildman–Crippen LogP) is 11.3. The van der Waals surface area contributed by atoms with Gasteiger partial charge in [0.15, 0.2) is 11.6 Å². The molecular formula is C45H29N3O. The van der Waals surface area contributed by atoms with E-state index in [1.165, 1.54) is 22.3 Å². The van der Waals surface area contributed by atoms with E-state index in [1.54, 1.807) is 0 Å². The van der Waals surface area contributed by atoms with Crippen LogP contribution in [0.1, 0.15) is 22.9 Å². The Balaban J connectivity index is 1.19. The standard InChI is InChI=1S/C45H29N3O/c1-2-13-28(14-3-1)43-46-44(48-45(47-43)39-27-29-15-4-5-16-30(29)31-17-6-7-18-35(31)39)37-24-11-20-32-33(21-10-22-34(32)37)36-23-12-26-41-42(36)38-19-8-9-25-40(38)49-41/h1-26,39H,27H2. The van der Waals surface area contributed by atoms with E-state index in [0.717, 1.165) is 67.2 Å². The molecule has 1 aliphatic carbocycles. The number of furan rings is 1. The zero-order valence-electron chi connectivity index (χ0n) is 26.5. The summed E-state index contributed by atoms with van der Waals surface area (Å²) in [7, 11) is 0. The number of fused-ring (bicyclic) bond motifs is 7. The maximum absolute atomic E-state index is 6.27. The van der Waals surface area contributed by atoms with E-state index >= 15 is 0 Å². The second-order valence-corrected chi connectivity index (χ2v) is 12.7. The van der Waals surface area contributed by atoms with Crippen LogP contribution in [0.3, 0.4) is 0 Å². The van der Waals surface area contributed by atoms with Crippen molar-refractivity contribution in [2.75, 3.05) is 0 Å². The summed E-state index contributed by atoms with van der Waals surface area (Å²) in [5, 5.41) is 4.47. The largest absolute Gasteiger partial charge is 0.456 e. The zero-order valence-corrected chi connectivity index (χ0v) is 26.5. The van der Waals surface area contributed by atoms with E-state index in [2.05, 4.69) is 127 Å². The highest BCUT2D eigenvalue weighted by molar-refractivity contribution is 6.16. The molecule has 0 fully saturated rings. The Labute approximate surface area is 283 Å². The van der Waals surface area contributed by atoms with Gasteiger partial charge in [0.05, 0.1) is 0 Å². The summed E-state index contributed by atoms with van der Waals surface area (Å²) < 4.78 is 6.27. The maximum atomic E-state index is 6.27. The van der Waals surface area contributed by atoms with Crippen molar-refractivity contribution in [3.63, 3.8) is 0 Å². The van der Waals surface area contributed by atoms with Gasteiger partial charge < -0.3 is 4.42 Å². The second-order valence-electron chi connectivity index (χ2n) is 12.7. The molecule has 4 nitrogen and oxygen atoms in total. The van der Waals surface area contributed by atoms with Crippen LogP contribution in [-0.2, 0) is 6.42 Å². The van der Waals surface area contributed by atoms with E-state index in [-0.39, 0.29) is 5.92 Å². The lowest BCUT2D eigenvalue weighted by Crippen LogP contribution is -2.16. The van der Waals surface area contributed by atoms with Crippen LogP contribution in [0.25, 0.3) is 77.7 Å². The summed E-state index contributed by atoms with van der Waals surface area (Å²) in [5.41, 5.74) is 11.1. The molecule has 2 heterocycles. The number of rotatable bonds is 4. The van der Waals surface area contributed by atoms with Gasteiger partial charge in [-0.3, -0.25) is 0 Å². The molecule has 0 saturated carbocycles. The van der Waals surface area contributed by atoms with Crippen LogP contribution in [0, 0.1) is 0 Å². The minimum atomic E-state index is -0.00664. The number of para-hydroxylation sites is 1. The minimum absolute atomic E-state index is 0.00664. The molecule has 4 heteroatoms. The van der Waals surface area contributed by atoms with Crippen molar-refractivity contribution in [1.82, 2.24) is 15.0 Å². The average Bonchev–Trinajstić information content (AvgIpc) is 3.56. The predicted molar refractivity (Wildman–Crippen MR) is 198 cm³/mol. The summed E-state index contributed by atoms with van der Waals surface area (Å²) in [6, 6.07) is 55.2. The van der Waals surface area contributed by atoms with E-state index < -0.39 is 0 Å². The van der Waals surface area contributed by atoms with Crippen LogP contribution in [0.15, 0.2) is 162 Å². The second kappa shape index (κ2) is 11.1. The van der Waals surface area contributed by atoms with Gasteiger partial charge in [0.25, 0.3) is 0 Å². The highest BCUT2D eigenvalue weighted by Crippen LogP contribution is 2.44. The van der Waals surface area contributed by atoms with Crippen molar-refractivity contribution < 1.29 is 4.42 Å². The van der Waals surface area contributed by atoms with Gasteiger partial charge in [-0.15, -0.1) is 0 Å². The Morgan fingerprint density at radius 1 is 0.429 bits per heavy atom. The molecule has 1 atom stereocenters. The molecular weight excluding hydrogens is 599 g/mol. The van der Waals surface area contributed by atoms with Crippen molar-refractivity contribution in [1.29, 1.82) is 0 Å². The molecule has 0 saturated heterocycles. The molecule has 0 aliphatic heterocycles. The first-order chi connectivity index (χ1) is 24.3. The highest BCUT2D eigenvalue weighted by Gasteiger charge is 2.29. The van der Waals surface area contributed by atoms with Crippen molar-refractivity contribution >= 4 is 32.7 Å². The molecule has 9 aromatic rings. The molecule has 0 amide bonds. The number of aromatic nitrogens is 3. The molecule has 0 N–H and O–H groups in total. The normalized spacial score (nSPS) is 13.8. The lowest BCUT2D eigenvalue weighted by molar-refractivity contribution is 0.669. The van der Waals surface area contributed by atoms with Gasteiger partial charge in [0.1, 0.15) is 17.0 Å². The smallest absolute Gasteiger partial charge is 0.164 e. The molecule has 49 heavy (non-hydrogen) atoms. The topological polar surface area (TPSA) is 51.8 Å². The molecule has 0 spiro atoms. The van der Waals surface area contributed by atoms with Crippen LogP contribution in [0.4, 0.5) is 0 Å². The van der Waals surface area contributed by atoms with Gasteiger partial charge in [-0.2, -0.15) is 0 Å². The SMILES string of the molecule is c1ccc(-c2nc(-c3cccc4c(-c5cccc6oc7ccccc7c56)cccc34)nc(C3Cc4ccccc4-c4ccccc43)n2)cc1. The van der Waals surface area contributed by atoms with Gasteiger partial charge in [0, 0.05) is 27.8 Å². The minimum Gasteiger partial charge on any atom is -0.456 e. The summed E-state index contributed by atoms with van der Waals surface area (Å²) in [4.78, 5) is 15.7. The average molecular weight is 628 g/mol. The Morgan fingerprint density at radius 3 is 1.94 bits per heavy atom. The fourth-order valence-corrected chi connectivity index (χ4v) is 7.69. The number of hydrogen-bond donors (Lipinski definition) is 0. The monoisotopic (exact) mass is 627 g/mol. The first-order valence-corrected chi connectivity index (χ1v) is 16.7. The van der Waals surface area contributed by atoms with Crippen LogP contribution in [-0.4, -0.2) is 15.0 Å². The van der Waals surface area contributed by atoms with E-state index in [4.69, 9.17) is 19.4 Å². The quantitative estimate of drug-likeness (QED) is 0.195. The molecule has 0 radical (unpaired) electrons. The van der Waals surface area contributed by atoms with Crippen molar-refractivity contribution in [2.45, 2.75) is 12.3 Å². The van der Waals surface area contributed by atoms with Gasteiger partial charge in [-0.1, -0.05) is 146 Å². The van der Waals surface area contributed by atoms with Crippen LogP contribution < -0.4 is 0 Å². The highest BCUT2D eigenvalue weighted by atomic mass is 16.3. The van der Waals surface area contributed by atoms with Crippen LogP contribution in [0.2, 0.25) is 0 Å². The fraction of sp³-hybridized carbons (Fsp3) is 0.0444.